The molecule has 5 heteroatoms. The molecule has 0 unspecified atom stereocenters. The van der Waals surface area contributed by atoms with Gasteiger partial charge in [0.1, 0.15) is 0 Å². The van der Waals surface area contributed by atoms with E-state index in [0.717, 1.165) is 5.56 Å². The summed E-state index contributed by atoms with van der Waals surface area (Å²) in [7, 11) is 0. The summed E-state index contributed by atoms with van der Waals surface area (Å²) in [5, 5.41) is 2.65. The Morgan fingerprint density at radius 1 is 1.50 bits per heavy atom. The Morgan fingerprint density at radius 3 is 2.94 bits per heavy atom. The number of hydrogen-bond acceptors (Lipinski definition) is 3. The van der Waals surface area contributed by atoms with Gasteiger partial charge in [0.05, 0.1) is 13.0 Å². The Labute approximate surface area is 106 Å². The maximum atomic E-state index is 13.6. The number of carbonyl (C=O) groups is 1. The van der Waals surface area contributed by atoms with Gasteiger partial charge in [0, 0.05) is 6.54 Å². The molecule has 0 saturated heterocycles. The second-order valence-electron chi connectivity index (χ2n) is 3.82. The van der Waals surface area contributed by atoms with Crippen molar-refractivity contribution >= 4 is 5.91 Å². The van der Waals surface area contributed by atoms with Gasteiger partial charge in [-0.1, -0.05) is 12.1 Å². The molecule has 1 aromatic rings. The maximum Gasteiger partial charge on any atom is 0.223 e. The van der Waals surface area contributed by atoms with Crippen LogP contribution < -0.4 is 15.8 Å². The zero-order chi connectivity index (χ0) is 13.4. The van der Waals surface area contributed by atoms with Gasteiger partial charge in [0.2, 0.25) is 5.91 Å². The summed E-state index contributed by atoms with van der Waals surface area (Å²) in [4.78, 5) is 11.2. The van der Waals surface area contributed by atoms with Crippen LogP contribution in [0.15, 0.2) is 18.2 Å². The second kappa shape index (κ2) is 7.66. The number of amides is 1. The van der Waals surface area contributed by atoms with Crippen molar-refractivity contribution in [2.75, 3.05) is 19.7 Å². The Morgan fingerprint density at radius 2 is 2.28 bits per heavy atom. The van der Waals surface area contributed by atoms with Crippen LogP contribution in [0.2, 0.25) is 0 Å². The zero-order valence-corrected chi connectivity index (χ0v) is 10.5. The van der Waals surface area contributed by atoms with Crippen LogP contribution in [-0.4, -0.2) is 25.6 Å². The first kappa shape index (κ1) is 14.4. The first-order valence-corrected chi connectivity index (χ1v) is 6.06. The molecule has 0 atom stereocenters. The Kier molecular flexibility index (Phi) is 6.14. The van der Waals surface area contributed by atoms with Crippen molar-refractivity contribution in [1.82, 2.24) is 5.32 Å². The van der Waals surface area contributed by atoms with Gasteiger partial charge >= 0.3 is 0 Å². The van der Waals surface area contributed by atoms with Gasteiger partial charge in [0.15, 0.2) is 11.6 Å². The predicted octanol–water partition coefficient (Wildman–Crippen LogP) is 1.23. The minimum atomic E-state index is -0.420. The summed E-state index contributed by atoms with van der Waals surface area (Å²) in [6.45, 7) is 3.01. The van der Waals surface area contributed by atoms with E-state index in [9.17, 15) is 9.18 Å². The Balaban J connectivity index is 2.57. The molecule has 100 valence electrons. The monoisotopic (exact) mass is 254 g/mol. The fraction of sp³-hybridized carbons (Fsp3) is 0.462. The van der Waals surface area contributed by atoms with E-state index in [-0.39, 0.29) is 24.7 Å². The van der Waals surface area contributed by atoms with Crippen molar-refractivity contribution in [2.45, 2.75) is 19.8 Å². The summed E-state index contributed by atoms with van der Waals surface area (Å²) in [6.07, 6.45) is 0.762. The molecule has 0 aliphatic rings. The van der Waals surface area contributed by atoms with Crippen molar-refractivity contribution < 1.29 is 13.9 Å². The lowest BCUT2D eigenvalue weighted by atomic mass is 10.1. The molecule has 1 aromatic carbocycles. The van der Waals surface area contributed by atoms with E-state index in [2.05, 4.69) is 5.32 Å². The van der Waals surface area contributed by atoms with Crippen LogP contribution in [0.3, 0.4) is 0 Å². The number of rotatable bonds is 7. The van der Waals surface area contributed by atoms with Crippen molar-refractivity contribution in [2.24, 2.45) is 5.73 Å². The van der Waals surface area contributed by atoms with Gasteiger partial charge in [-0.15, -0.1) is 0 Å². The Bertz CT molecular complexity index is 397. The largest absolute Gasteiger partial charge is 0.490 e. The normalized spacial score (nSPS) is 10.2. The number of benzene rings is 1. The third kappa shape index (κ3) is 4.33. The summed E-state index contributed by atoms with van der Waals surface area (Å²) in [5.41, 5.74) is 6.18. The van der Waals surface area contributed by atoms with Gasteiger partial charge in [-0.05, 0) is 31.5 Å². The topological polar surface area (TPSA) is 64.3 Å². The molecule has 4 nitrogen and oxygen atoms in total. The molecule has 0 saturated carbocycles. The lowest BCUT2D eigenvalue weighted by Gasteiger charge is -2.11. The van der Waals surface area contributed by atoms with E-state index in [0.29, 0.717) is 19.5 Å². The molecular weight excluding hydrogens is 235 g/mol. The van der Waals surface area contributed by atoms with Crippen LogP contribution in [0.4, 0.5) is 4.39 Å². The molecule has 1 rings (SSSR count). The summed E-state index contributed by atoms with van der Waals surface area (Å²) in [5.74, 6) is -0.321. The van der Waals surface area contributed by atoms with Crippen molar-refractivity contribution in [3.8, 4) is 5.75 Å². The average Bonchev–Trinajstić information content (AvgIpc) is 2.33. The molecule has 0 radical (unpaired) electrons. The lowest BCUT2D eigenvalue weighted by Crippen LogP contribution is -2.24. The molecule has 0 aromatic heterocycles. The summed E-state index contributed by atoms with van der Waals surface area (Å²) < 4.78 is 18.9. The molecule has 0 aliphatic heterocycles. The number of nitrogens with two attached hydrogens (primary N) is 1. The highest BCUT2D eigenvalue weighted by Gasteiger charge is 2.10. The summed E-state index contributed by atoms with van der Waals surface area (Å²) in [6, 6.07) is 4.73. The fourth-order valence-electron chi connectivity index (χ4n) is 1.60. The van der Waals surface area contributed by atoms with Gasteiger partial charge in [0.25, 0.3) is 0 Å². The van der Waals surface area contributed by atoms with E-state index in [1.54, 1.807) is 12.1 Å². The quantitative estimate of drug-likeness (QED) is 0.769. The predicted molar refractivity (Wildman–Crippen MR) is 68.0 cm³/mol. The number of carbonyl (C=O) groups excluding carboxylic acids is 1. The van der Waals surface area contributed by atoms with Crippen LogP contribution in [-0.2, 0) is 11.2 Å². The van der Waals surface area contributed by atoms with Crippen LogP contribution >= 0.6 is 0 Å². The van der Waals surface area contributed by atoms with E-state index < -0.39 is 5.82 Å². The second-order valence-corrected chi connectivity index (χ2v) is 3.82. The zero-order valence-electron chi connectivity index (χ0n) is 10.5. The molecule has 18 heavy (non-hydrogen) atoms. The van der Waals surface area contributed by atoms with Crippen molar-refractivity contribution in [3.63, 3.8) is 0 Å². The van der Waals surface area contributed by atoms with E-state index >= 15 is 0 Å². The molecule has 0 heterocycles. The number of halogens is 1. The minimum Gasteiger partial charge on any atom is -0.490 e. The third-order valence-electron chi connectivity index (χ3n) is 2.41. The molecule has 0 fully saturated rings. The number of nitrogens with one attached hydrogen (secondary N) is 1. The highest BCUT2D eigenvalue weighted by molar-refractivity contribution is 5.75. The standard InChI is InChI=1S/C13H19FN2O2/c1-2-16-12(17)7-9-18-13-10(6-8-15)4-3-5-11(13)14/h3-5H,2,6-9,15H2,1H3,(H,16,17). The molecular formula is C13H19FN2O2. The summed E-state index contributed by atoms with van der Waals surface area (Å²) >= 11 is 0. The number of hydrogen-bond donors (Lipinski definition) is 2. The fourth-order valence-corrected chi connectivity index (χ4v) is 1.60. The average molecular weight is 254 g/mol. The van der Waals surface area contributed by atoms with Crippen LogP contribution in [0, 0.1) is 5.82 Å². The highest BCUT2D eigenvalue weighted by Crippen LogP contribution is 2.23. The lowest BCUT2D eigenvalue weighted by molar-refractivity contribution is -0.121. The number of para-hydroxylation sites is 1. The highest BCUT2D eigenvalue weighted by atomic mass is 19.1. The van der Waals surface area contributed by atoms with Crippen LogP contribution in [0.25, 0.3) is 0 Å². The van der Waals surface area contributed by atoms with Crippen LogP contribution in [0.5, 0.6) is 5.75 Å². The smallest absolute Gasteiger partial charge is 0.223 e. The van der Waals surface area contributed by atoms with Gasteiger partial charge in [-0.3, -0.25) is 4.79 Å². The molecule has 3 N–H and O–H groups in total. The third-order valence-corrected chi connectivity index (χ3v) is 2.41. The van der Waals surface area contributed by atoms with Gasteiger partial charge in [-0.25, -0.2) is 4.39 Å². The maximum absolute atomic E-state index is 13.6. The van der Waals surface area contributed by atoms with Gasteiger partial charge < -0.3 is 15.8 Å². The molecule has 0 spiro atoms. The number of ether oxygens (including phenoxy) is 1. The molecule has 1 amide bonds. The van der Waals surface area contributed by atoms with Crippen molar-refractivity contribution in [1.29, 1.82) is 0 Å². The van der Waals surface area contributed by atoms with Crippen molar-refractivity contribution in [3.05, 3.63) is 29.6 Å². The van der Waals surface area contributed by atoms with E-state index in [1.807, 2.05) is 6.92 Å². The molecule has 0 aliphatic carbocycles. The van der Waals surface area contributed by atoms with E-state index in [1.165, 1.54) is 6.07 Å². The first-order chi connectivity index (χ1) is 8.69. The Hall–Kier alpha value is -1.62. The van der Waals surface area contributed by atoms with Gasteiger partial charge in [-0.2, -0.15) is 0 Å². The van der Waals surface area contributed by atoms with Crippen LogP contribution in [0.1, 0.15) is 18.9 Å². The SMILES string of the molecule is CCNC(=O)CCOc1c(F)cccc1CCN. The first-order valence-electron chi connectivity index (χ1n) is 6.06. The molecule has 0 bridgehead atoms. The minimum absolute atomic E-state index is 0.103. The van der Waals surface area contributed by atoms with E-state index in [4.69, 9.17) is 10.5 Å².